The summed E-state index contributed by atoms with van der Waals surface area (Å²) in [5.41, 5.74) is 0. The minimum absolute atomic E-state index is 0.272. The maximum Gasteiger partial charge on any atom is 0.303 e. The van der Waals surface area contributed by atoms with Crippen LogP contribution in [-0.2, 0) is 4.79 Å². The van der Waals surface area contributed by atoms with Crippen molar-refractivity contribution in [1.82, 2.24) is 4.90 Å². The van der Waals surface area contributed by atoms with E-state index in [2.05, 4.69) is 16.7 Å². The number of piperidine rings is 1. The third-order valence-electron chi connectivity index (χ3n) is 3.59. The molecule has 0 aromatic heterocycles. The zero-order valence-corrected chi connectivity index (χ0v) is 11.1. The van der Waals surface area contributed by atoms with Crippen molar-refractivity contribution < 1.29 is 4.79 Å². The van der Waals surface area contributed by atoms with E-state index in [1.807, 2.05) is 6.08 Å². The summed E-state index contributed by atoms with van der Waals surface area (Å²) in [6.07, 6.45) is 10.4. The van der Waals surface area contributed by atoms with Crippen LogP contribution in [0.2, 0.25) is 0 Å². The molecule has 1 aliphatic heterocycles. The average Bonchev–Trinajstić information content (AvgIpc) is 2.43. The molecule has 0 unspecified atom stereocenters. The Kier molecular flexibility index (Phi) is 7.49. The number of carbonyl (C=O) groups is 1. The van der Waals surface area contributed by atoms with Crippen LogP contribution in [0.25, 0.3) is 0 Å². The van der Waals surface area contributed by atoms with E-state index in [4.69, 9.17) is 0 Å². The molecule has 0 spiro atoms. The first-order valence-corrected chi connectivity index (χ1v) is 7.01. The van der Waals surface area contributed by atoms with Gasteiger partial charge in [-0.05, 0) is 45.2 Å². The van der Waals surface area contributed by atoms with Crippen molar-refractivity contribution in [2.24, 2.45) is 5.18 Å². The molecule has 0 aromatic carbocycles. The summed E-state index contributed by atoms with van der Waals surface area (Å²) in [5.74, 6) is -0.486. The van der Waals surface area contributed by atoms with Crippen molar-refractivity contribution in [3.05, 3.63) is 17.6 Å². The third kappa shape index (κ3) is 5.08. The van der Waals surface area contributed by atoms with Gasteiger partial charge in [-0.1, -0.05) is 25.3 Å². The highest BCUT2D eigenvalue weighted by atomic mass is 16.3. The third-order valence-corrected chi connectivity index (χ3v) is 3.59. The van der Waals surface area contributed by atoms with Crippen LogP contribution in [0, 0.1) is 4.91 Å². The first-order chi connectivity index (χ1) is 8.79. The Morgan fingerprint density at radius 3 is 2.56 bits per heavy atom. The van der Waals surface area contributed by atoms with Crippen molar-refractivity contribution >= 4 is 5.91 Å². The molecule has 102 valence electrons. The quantitative estimate of drug-likeness (QED) is 0.378. The Morgan fingerprint density at radius 1 is 1.22 bits per heavy atom. The standard InChI is InChI=1S/C14H24N2O2/c1-2-3-4-5-7-10-13(14(17)15-18)16-11-8-6-9-12-16/h2,13H,1,3-12H2/t13-/m0/s1. The molecule has 1 heterocycles. The van der Waals surface area contributed by atoms with E-state index < -0.39 is 5.91 Å². The highest BCUT2D eigenvalue weighted by Gasteiger charge is 2.27. The second-order valence-corrected chi connectivity index (χ2v) is 4.97. The molecule has 18 heavy (non-hydrogen) atoms. The van der Waals surface area contributed by atoms with E-state index in [-0.39, 0.29) is 6.04 Å². The Hall–Kier alpha value is -1.03. The van der Waals surface area contributed by atoms with Gasteiger partial charge in [-0.25, -0.2) is 0 Å². The van der Waals surface area contributed by atoms with Gasteiger partial charge in [-0.2, -0.15) is 0 Å². The molecular formula is C14H24N2O2. The fourth-order valence-electron chi connectivity index (χ4n) is 2.56. The van der Waals surface area contributed by atoms with E-state index in [0.29, 0.717) is 0 Å². The van der Waals surface area contributed by atoms with Gasteiger partial charge >= 0.3 is 5.91 Å². The normalized spacial score (nSPS) is 18.2. The number of unbranched alkanes of at least 4 members (excludes halogenated alkanes) is 3. The second kappa shape index (κ2) is 8.97. The average molecular weight is 252 g/mol. The van der Waals surface area contributed by atoms with E-state index >= 15 is 0 Å². The Balaban J connectivity index is 2.37. The number of carbonyl (C=O) groups excluding carboxylic acids is 1. The molecule has 0 aliphatic carbocycles. The highest BCUT2D eigenvalue weighted by molar-refractivity contribution is 5.82. The Labute approximate surface area is 109 Å². The van der Waals surface area contributed by atoms with Crippen LogP contribution in [0.4, 0.5) is 0 Å². The number of hydrogen-bond acceptors (Lipinski definition) is 3. The SMILES string of the molecule is C=CCCCCC[C@@H](C(=O)N=O)N1CCCCC1. The lowest BCUT2D eigenvalue weighted by molar-refractivity contribution is -0.123. The number of hydrogen-bond donors (Lipinski definition) is 0. The lowest BCUT2D eigenvalue weighted by Gasteiger charge is -2.32. The van der Waals surface area contributed by atoms with E-state index in [0.717, 1.165) is 58.0 Å². The molecule has 1 saturated heterocycles. The van der Waals surface area contributed by atoms with Gasteiger partial charge in [0.25, 0.3) is 0 Å². The van der Waals surface area contributed by atoms with E-state index in [9.17, 15) is 9.70 Å². The van der Waals surface area contributed by atoms with Crippen molar-refractivity contribution in [2.45, 2.75) is 57.4 Å². The highest BCUT2D eigenvalue weighted by Crippen LogP contribution is 2.18. The minimum Gasteiger partial charge on any atom is -0.292 e. The summed E-state index contributed by atoms with van der Waals surface area (Å²) in [4.78, 5) is 24.2. The summed E-state index contributed by atoms with van der Waals surface area (Å²) >= 11 is 0. The monoisotopic (exact) mass is 252 g/mol. The van der Waals surface area contributed by atoms with Gasteiger partial charge in [0.1, 0.15) is 0 Å². The first-order valence-electron chi connectivity index (χ1n) is 7.01. The number of allylic oxidation sites excluding steroid dienone is 1. The molecule has 0 aromatic rings. The molecule has 0 bridgehead atoms. The number of rotatable bonds is 8. The number of nitroso groups, excluding NO2 is 1. The molecule has 1 rings (SSSR count). The maximum absolute atomic E-state index is 11.6. The number of nitrogens with zero attached hydrogens (tertiary/aromatic N) is 2. The predicted octanol–water partition coefficient (Wildman–Crippen LogP) is 3.27. The van der Waals surface area contributed by atoms with Crippen LogP contribution < -0.4 is 0 Å². The molecule has 0 radical (unpaired) electrons. The van der Waals surface area contributed by atoms with Crippen molar-refractivity contribution in [3.63, 3.8) is 0 Å². The summed E-state index contributed by atoms with van der Waals surface area (Å²) in [5, 5.41) is 2.63. The summed E-state index contributed by atoms with van der Waals surface area (Å²) in [7, 11) is 0. The van der Waals surface area contributed by atoms with Crippen LogP contribution in [-0.4, -0.2) is 29.9 Å². The Bertz CT molecular complexity index is 273. The zero-order valence-electron chi connectivity index (χ0n) is 11.1. The van der Waals surface area contributed by atoms with Crippen molar-refractivity contribution in [1.29, 1.82) is 0 Å². The molecule has 1 amide bonds. The molecule has 1 atom stereocenters. The molecule has 4 nitrogen and oxygen atoms in total. The van der Waals surface area contributed by atoms with Crippen molar-refractivity contribution in [3.8, 4) is 0 Å². The van der Waals surface area contributed by atoms with E-state index in [1.54, 1.807) is 0 Å². The summed E-state index contributed by atoms with van der Waals surface area (Å²) in [6, 6.07) is -0.272. The van der Waals surface area contributed by atoms with Gasteiger partial charge in [0.05, 0.1) is 6.04 Å². The lowest BCUT2D eigenvalue weighted by Crippen LogP contribution is -2.43. The van der Waals surface area contributed by atoms with Crippen LogP contribution >= 0.6 is 0 Å². The van der Waals surface area contributed by atoms with Gasteiger partial charge in [-0.15, -0.1) is 11.5 Å². The number of amides is 1. The fraction of sp³-hybridized carbons (Fsp3) is 0.786. The van der Waals surface area contributed by atoms with Gasteiger partial charge in [0.2, 0.25) is 0 Å². The largest absolute Gasteiger partial charge is 0.303 e. The molecule has 0 N–H and O–H groups in total. The fourth-order valence-corrected chi connectivity index (χ4v) is 2.56. The Morgan fingerprint density at radius 2 is 1.94 bits per heavy atom. The van der Waals surface area contributed by atoms with Crippen LogP contribution in [0.1, 0.15) is 51.4 Å². The molecule has 1 aliphatic rings. The minimum atomic E-state index is -0.486. The zero-order chi connectivity index (χ0) is 13.2. The molecule has 4 heteroatoms. The van der Waals surface area contributed by atoms with E-state index in [1.165, 1.54) is 6.42 Å². The topological polar surface area (TPSA) is 49.7 Å². The molecule has 0 saturated carbocycles. The van der Waals surface area contributed by atoms with Gasteiger partial charge < -0.3 is 0 Å². The van der Waals surface area contributed by atoms with Gasteiger partial charge in [0.15, 0.2) is 0 Å². The molecular weight excluding hydrogens is 228 g/mol. The first kappa shape index (κ1) is 15.0. The molecule has 1 fully saturated rings. The summed E-state index contributed by atoms with van der Waals surface area (Å²) < 4.78 is 0. The summed E-state index contributed by atoms with van der Waals surface area (Å²) in [6.45, 7) is 5.55. The number of likely N-dealkylation sites (tertiary alicyclic amines) is 1. The van der Waals surface area contributed by atoms with Gasteiger partial charge in [-0.3, -0.25) is 9.69 Å². The lowest BCUT2D eigenvalue weighted by atomic mass is 10.0. The maximum atomic E-state index is 11.6. The van der Waals surface area contributed by atoms with Crippen molar-refractivity contribution in [2.75, 3.05) is 13.1 Å². The smallest absolute Gasteiger partial charge is 0.292 e. The van der Waals surface area contributed by atoms with Crippen LogP contribution in [0.3, 0.4) is 0 Å². The van der Waals surface area contributed by atoms with Crippen LogP contribution in [0.15, 0.2) is 17.8 Å². The van der Waals surface area contributed by atoms with Crippen LogP contribution in [0.5, 0.6) is 0 Å². The second-order valence-electron chi connectivity index (χ2n) is 4.97. The van der Waals surface area contributed by atoms with Gasteiger partial charge in [0, 0.05) is 5.18 Å². The predicted molar refractivity (Wildman–Crippen MR) is 73.3 cm³/mol.